The molecule has 214 valence electrons. The van der Waals surface area contributed by atoms with Crippen LogP contribution in [0, 0.1) is 12.8 Å². The Labute approximate surface area is 230 Å². The highest BCUT2D eigenvalue weighted by Gasteiger charge is 2.32. The van der Waals surface area contributed by atoms with Gasteiger partial charge in [-0.25, -0.2) is 0 Å². The van der Waals surface area contributed by atoms with Crippen LogP contribution in [0.3, 0.4) is 0 Å². The van der Waals surface area contributed by atoms with Gasteiger partial charge in [0.05, 0.1) is 12.0 Å². The SMILES string of the molecule is Cc1ccccc1CC(=O)Nc1cc(NC(=O)[N-]c2c[n+]([C@@H]3CCC[C@H](CN(C)C)C3)no2)cc(C(F)(F)F)c1. The Hall–Kier alpha value is -3.93. The molecule has 4 rings (SSSR count). The summed E-state index contributed by atoms with van der Waals surface area (Å²) in [5.41, 5.74) is 0.331. The van der Waals surface area contributed by atoms with E-state index in [1.54, 1.807) is 16.8 Å². The number of anilines is 2. The molecule has 3 aromatic rings. The Balaban J connectivity index is 1.41. The van der Waals surface area contributed by atoms with E-state index in [0.717, 1.165) is 55.5 Å². The standard InChI is InChI=1S/C28H33F3N6O3/c1-18-7-4-5-9-20(18)12-25(38)32-22-13-21(28(29,30)31)14-23(15-22)33-27(39)34-26-17-37(35-40-26)24-10-6-8-19(11-24)16-36(2)3/h4-5,7,9,13-15,17,19,24H,6,8,10-12,16H2,1-3H3,(H2-,32,33,34,35,38,39)/t19-,24+/m0/s1. The van der Waals surface area contributed by atoms with Gasteiger partial charge in [-0.3, -0.25) is 9.59 Å². The van der Waals surface area contributed by atoms with Gasteiger partial charge >= 0.3 is 6.18 Å². The van der Waals surface area contributed by atoms with Gasteiger partial charge in [0.1, 0.15) is 0 Å². The van der Waals surface area contributed by atoms with Crippen molar-refractivity contribution in [3.05, 3.63) is 70.7 Å². The van der Waals surface area contributed by atoms with E-state index in [1.807, 2.05) is 33.2 Å². The summed E-state index contributed by atoms with van der Waals surface area (Å²) >= 11 is 0. The molecular formula is C28H33F3N6O3. The monoisotopic (exact) mass is 558 g/mol. The highest BCUT2D eigenvalue weighted by Crippen LogP contribution is 2.34. The van der Waals surface area contributed by atoms with Crippen LogP contribution in [0.2, 0.25) is 0 Å². The first-order valence-corrected chi connectivity index (χ1v) is 13.1. The number of nitrogens with zero attached hydrogens (tertiary/aromatic N) is 4. The number of hydrogen-bond donors (Lipinski definition) is 2. The fraction of sp³-hybridized carbons (Fsp3) is 0.429. The first-order valence-electron chi connectivity index (χ1n) is 13.1. The van der Waals surface area contributed by atoms with Crippen molar-refractivity contribution in [2.45, 2.75) is 51.2 Å². The molecule has 40 heavy (non-hydrogen) atoms. The molecule has 1 aliphatic rings. The van der Waals surface area contributed by atoms with Crippen molar-refractivity contribution in [3.8, 4) is 0 Å². The third kappa shape index (κ3) is 8.04. The zero-order valence-electron chi connectivity index (χ0n) is 22.7. The number of aromatic nitrogens is 2. The van der Waals surface area contributed by atoms with Crippen LogP contribution in [0.1, 0.15) is 48.4 Å². The zero-order valence-corrected chi connectivity index (χ0v) is 22.7. The molecule has 12 heteroatoms. The van der Waals surface area contributed by atoms with Crippen LogP contribution in [-0.2, 0) is 17.4 Å². The van der Waals surface area contributed by atoms with Crippen LogP contribution in [0.5, 0.6) is 0 Å². The van der Waals surface area contributed by atoms with Gasteiger partial charge < -0.3 is 25.4 Å². The highest BCUT2D eigenvalue weighted by molar-refractivity contribution is 6.04. The maximum atomic E-state index is 13.6. The minimum absolute atomic E-state index is 0.0116. The summed E-state index contributed by atoms with van der Waals surface area (Å²) in [5, 5.41) is 12.6. The van der Waals surface area contributed by atoms with Crippen LogP contribution in [-0.4, -0.2) is 42.7 Å². The number of rotatable bonds is 8. The zero-order chi connectivity index (χ0) is 28.9. The maximum Gasteiger partial charge on any atom is 0.416 e. The van der Waals surface area contributed by atoms with Crippen molar-refractivity contribution >= 4 is 29.2 Å². The van der Waals surface area contributed by atoms with Crippen LogP contribution < -0.4 is 15.3 Å². The Bertz CT molecular complexity index is 1340. The number of benzene rings is 2. The van der Waals surface area contributed by atoms with Crippen molar-refractivity contribution in [3.63, 3.8) is 0 Å². The molecule has 1 aromatic heterocycles. The van der Waals surface area contributed by atoms with Gasteiger partial charge in [0, 0.05) is 25.1 Å². The van der Waals surface area contributed by atoms with Gasteiger partial charge in [-0.05, 0) is 74.8 Å². The van der Waals surface area contributed by atoms with Crippen LogP contribution in [0.4, 0.5) is 35.2 Å². The van der Waals surface area contributed by atoms with E-state index in [4.69, 9.17) is 4.52 Å². The lowest BCUT2D eigenvalue weighted by Crippen LogP contribution is -2.44. The Morgan fingerprint density at radius 2 is 1.85 bits per heavy atom. The molecule has 0 bridgehead atoms. The van der Waals surface area contributed by atoms with Crippen molar-refractivity contribution in [2.24, 2.45) is 5.92 Å². The van der Waals surface area contributed by atoms with Gasteiger partial charge in [-0.2, -0.15) is 13.2 Å². The van der Waals surface area contributed by atoms with Crippen molar-refractivity contribution < 1.29 is 32.0 Å². The summed E-state index contributed by atoms with van der Waals surface area (Å²) in [6, 6.07) is 9.25. The lowest BCUT2D eigenvalue weighted by Gasteiger charge is -2.26. The van der Waals surface area contributed by atoms with Gasteiger partial charge in [0.15, 0.2) is 17.3 Å². The lowest BCUT2D eigenvalue weighted by atomic mass is 9.85. The minimum atomic E-state index is -4.70. The summed E-state index contributed by atoms with van der Waals surface area (Å²) in [7, 11) is 4.07. The molecule has 3 amide bonds. The lowest BCUT2D eigenvalue weighted by molar-refractivity contribution is -0.788. The predicted octanol–water partition coefficient (Wildman–Crippen LogP) is 6.00. The minimum Gasteiger partial charge on any atom is -0.424 e. The number of alkyl halides is 3. The highest BCUT2D eigenvalue weighted by atomic mass is 19.4. The molecule has 1 heterocycles. The third-order valence-electron chi connectivity index (χ3n) is 6.84. The number of carbonyl (C=O) groups is 2. The second-order valence-corrected chi connectivity index (χ2v) is 10.5. The second-order valence-electron chi connectivity index (χ2n) is 10.5. The third-order valence-corrected chi connectivity index (χ3v) is 6.84. The van der Waals surface area contributed by atoms with E-state index in [2.05, 4.69) is 26.1 Å². The smallest absolute Gasteiger partial charge is 0.416 e. The summed E-state index contributed by atoms with van der Waals surface area (Å²) in [5.74, 6) is -0.0303. The molecule has 0 unspecified atom stereocenters. The fourth-order valence-corrected chi connectivity index (χ4v) is 5.03. The maximum absolute atomic E-state index is 13.6. The van der Waals surface area contributed by atoms with Crippen LogP contribution >= 0.6 is 0 Å². The van der Waals surface area contributed by atoms with Crippen LogP contribution in [0.15, 0.2) is 53.2 Å². The van der Waals surface area contributed by atoms with E-state index < -0.39 is 23.7 Å². The first-order chi connectivity index (χ1) is 19.0. The second kappa shape index (κ2) is 12.5. The molecule has 0 aliphatic heterocycles. The van der Waals surface area contributed by atoms with E-state index in [-0.39, 0.29) is 29.7 Å². The molecule has 0 saturated heterocycles. The number of urea groups is 1. The number of amides is 3. The van der Waals surface area contributed by atoms with E-state index in [0.29, 0.717) is 5.92 Å². The number of halogens is 3. The van der Waals surface area contributed by atoms with E-state index in [1.165, 1.54) is 12.3 Å². The molecular weight excluding hydrogens is 525 g/mol. The van der Waals surface area contributed by atoms with Gasteiger partial charge in [-0.1, -0.05) is 28.9 Å². The number of aryl methyl sites for hydroxylation is 1. The normalized spacial score (nSPS) is 17.5. The molecule has 9 nitrogen and oxygen atoms in total. The Kier molecular flexibility index (Phi) is 9.08. The number of nitrogens with one attached hydrogen (secondary N) is 2. The number of hydrogen-bond acceptors (Lipinski definition) is 5. The molecule has 0 spiro atoms. The van der Waals surface area contributed by atoms with Crippen molar-refractivity contribution in [2.75, 3.05) is 31.3 Å². The molecule has 1 aliphatic carbocycles. The average molecular weight is 559 g/mol. The van der Waals surface area contributed by atoms with Gasteiger partial charge in [0.2, 0.25) is 18.0 Å². The summed E-state index contributed by atoms with van der Waals surface area (Å²) in [6.07, 6.45) is 0.842. The summed E-state index contributed by atoms with van der Waals surface area (Å²) in [4.78, 5) is 27.3. The topological polar surface area (TPSA) is 105 Å². The molecule has 1 saturated carbocycles. The first kappa shape index (κ1) is 29.1. The molecule has 1 fully saturated rings. The summed E-state index contributed by atoms with van der Waals surface area (Å²) < 4.78 is 47.6. The predicted molar refractivity (Wildman–Crippen MR) is 143 cm³/mol. The largest absolute Gasteiger partial charge is 0.424 e. The Morgan fingerprint density at radius 3 is 2.55 bits per heavy atom. The summed E-state index contributed by atoms with van der Waals surface area (Å²) in [6.45, 7) is 2.82. The molecule has 0 radical (unpaired) electrons. The Morgan fingerprint density at radius 1 is 1.12 bits per heavy atom. The van der Waals surface area contributed by atoms with Gasteiger partial charge in [-0.15, -0.1) is 0 Å². The fourth-order valence-electron chi connectivity index (χ4n) is 5.03. The van der Waals surface area contributed by atoms with Crippen molar-refractivity contribution in [1.82, 2.24) is 10.2 Å². The van der Waals surface area contributed by atoms with Crippen LogP contribution in [0.25, 0.3) is 5.32 Å². The molecule has 2 aromatic carbocycles. The number of carbonyl (C=O) groups excluding carboxylic acids is 2. The molecule has 2 N–H and O–H groups in total. The van der Waals surface area contributed by atoms with E-state index in [9.17, 15) is 22.8 Å². The van der Waals surface area contributed by atoms with Crippen molar-refractivity contribution in [1.29, 1.82) is 0 Å². The van der Waals surface area contributed by atoms with E-state index >= 15 is 0 Å². The molecule has 2 atom stereocenters. The average Bonchev–Trinajstić information content (AvgIpc) is 3.33. The van der Waals surface area contributed by atoms with Gasteiger partial charge in [0.25, 0.3) is 0 Å². The quantitative estimate of drug-likeness (QED) is 0.330.